The number of carbonyl (C=O) groups excluding carboxylic acids is 1. The van der Waals surface area contributed by atoms with Gasteiger partial charge < -0.3 is 25.7 Å². The molecule has 63 heavy (non-hydrogen) atoms. The zero-order chi connectivity index (χ0) is 45.9. The number of aliphatic hydroxyl groups excluding tert-OH is 4. The molecule has 0 aliphatic carbocycles. The molecule has 6 nitrogen and oxygen atoms in total. The SMILES string of the molecule is CCCCCCCCCCCCCC/C=C\CCCCCCCCCCCCC(O)C(=O)NC(CO)C(O)C(O)CCC/C=C/CCCCCCCCCCCCCCCCCC. The second kappa shape index (κ2) is 51.8. The van der Waals surface area contributed by atoms with Gasteiger partial charge in [-0.1, -0.05) is 263 Å². The summed E-state index contributed by atoms with van der Waals surface area (Å²) in [5.41, 5.74) is 0. The van der Waals surface area contributed by atoms with Crippen molar-refractivity contribution in [3.63, 3.8) is 0 Å². The lowest BCUT2D eigenvalue weighted by Crippen LogP contribution is -2.53. The van der Waals surface area contributed by atoms with Crippen LogP contribution in [0.15, 0.2) is 24.3 Å². The zero-order valence-electron chi connectivity index (χ0n) is 42.3. The Hall–Kier alpha value is -1.21. The van der Waals surface area contributed by atoms with Crippen LogP contribution < -0.4 is 5.32 Å². The molecule has 0 spiro atoms. The number of allylic oxidation sites excluding steroid dienone is 4. The Balaban J connectivity index is 3.65. The van der Waals surface area contributed by atoms with Gasteiger partial charge in [-0.2, -0.15) is 0 Å². The van der Waals surface area contributed by atoms with Crippen LogP contribution in [0.5, 0.6) is 0 Å². The van der Waals surface area contributed by atoms with Crippen molar-refractivity contribution in [2.45, 2.75) is 327 Å². The van der Waals surface area contributed by atoms with Crippen molar-refractivity contribution in [2.75, 3.05) is 6.61 Å². The van der Waals surface area contributed by atoms with E-state index in [1.165, 1.54) is 238 Å². The van der Waals surface area contributed by atoms with Gasteiger partial charge in [-0.05, 0) is 64.2 Å². The largest absolute Gasteiger partial charge is 0.394 e. The molecule has 6 heteroatoms. The van der Waals surface area contributed by atoms with E-state index in [2.05, 4.69) is 43.5 Å². The van der Waals surface area contributed by atoms with Crippen LogP contribution in [0.4, 0.5) is 0 Å². The molecule has 0 aromatic rings. The standard InChI is InChI=1S/C57H111NO5/c1-3-5-7-9-11-13-15-17-19-21-23-25-26-27-28-29-31-33-35-37-39-41-43-45-47-49-51-55(61)57(63)58-53(52-59)56(62)54(60)50-48-46-44-42-40-38-36-34-32-30-24-22-20-18-16-14-12-10-8-6-4-2/h27-28,42,44,53-56,59-62H,3-26,29-41,43,45-52H2,1-2H3,(H,58,63)/b28-27-,44-42+. The maximum absolute atomic E-state index is 12.6. The van der Waals surface area contributed by atoms with Crippen LogP contribution in [-0.4, -0.2) is 57.3 Å². The van der Waals surface area contributed by atoms with Crippen LogP contribution in [-0.2, 0) is 4.79 Å². The quantitative estimate of drug-likeness (QED) is 0.0309. The van der Waals surface area contributed by atoms with Gasteiger partial charge in [0.1, 0.15) is 12.2 Å². The molecule has 0 heterocycles. The molecule has 0 aliphatic heterocycles. The Labute approximate surface area is 393 Å². The van der Waals surface area contributed by atoms with Crippen molar-refractivity contribution in [2.24, 2.45) is 0 Å². The topological polar surface area (TPSA) is 110 Å². The smallest absolute Gasteiger partial charge is 0.249 e. The van der Waals surface area contributed by atoms with E-state index in [9.17, 15) is 25.2 Å². The number of hydrogen-bond donors (Lipinski definition) is 5. The lowest BCUT2D eigenvalue weighted by molar-refractivity contribution is -0.132. The first-order valence-corrected chi connectivity index (χ1v) is 28.2. The summed E-state index contributed by atoms with van der Waals surface area (Å²) in [5.74, 6) is -0.590. The predicted octanol–water partition coefficient (Wildman–Crippen LogP) is 16.3. The highest BCUT2D eigenvalue weighted by atomic mass is 16.3. The second-order valence-electron chi connectivity index (χ2n) is 19.6. The summed E-state index contributed by atoms with van der Waals surface area (Å²) < 4.78 is 0. The molecule has 0 aromatic carbocycles. The van der Waals surface area contributed by atoms with E-state index in [0.717, 1.165) is 38.5 Å². The second-order valence-corrected chi connectivity index (χ2v) is 19.6. The van der Waals surface area contributed by atoms with Crippen molar-refractivity contribution < 1.29 is 25.2 Å². The van der Waals surface area contributed by atoms with Crippen molar-refractivity contribution in [1.82, 2.24) is 5.32 Å². The predicted molar refractivity (Wildman–Crippen MR) is 274 cm³/mol. The normalized spacial score (nSPS) is 13.9. The molecule has 1 amide bonds. The lowest BCUT2D eigenvalue weighted by Gasteiger charge is -2.27. The number of hydrogen-bond acceptors (Lipinski definition) is 5. The molecular weight excluding hydrogens is 779 g/mol. The first-order chi connectivity index (χ1) is 31.0. The number of nitrogens with one attached hydrogen (secondary N) is 1. The average molecular weight is 891 g/mol. The summed E-state index contributed by atoms with van der Waals surface area (Å²) in [6, 6.07) is -1.00. The minimum Gasteiger partial charge on any atom is -0.394 e. The number of unbranched alkanes of at least 4 members (excludes halogenated alkanes) is 39. The van der Waals surface area contributed by atoms with Crippen molar-refractivity contribution in [1.29, 1.82) is 0 Å². The third kappa shape index (κ3) is 45.7. The Morgan fingerprint density at radius 2 is 0.651 bits per heavy atom. The number of aliphatic hydroxyl groups is 4. The van der Waals surface area contributed by atoms with Crippen LogP contribution >= 0.6 is 0 Å². The van der Waals surface area contributed by atoms with Gasteiger partial charge in [0.2, 0.25) is 5.91 Å². The number of amides is 1. The molecule has 0 aliphatic rings. The highest BCUT2D eigenvalue weighted by Crippen LogP contribution is 2.17. The molecule has 0 bridgehead atoms. The van der Waals surface area contributed by atoms with Crippen molar-refractivity contribution in [3.8, 4) is 0 Å². The Morgan fingerprint density at radius 3 is 0.952 bits per heavy atom. The summed E-state index contributed by atoms with van der Waals surface area (Å²) >= 11 is 0. The summed E-state index contributed by atoms with van der Waals surface area (Å²) in [6.45, 7) is 4.08. The highest BCUT2D eigenvalue weighted by Gasteiger charge is 2.28. The average Bonchev–Trinajstić information content (AvgIpc) is 3.29. The maximum Gasteiger partial charge on any atom is 0.249 e. The lowest BCUT2D eigenvalue weighted by atomic mass is 10.00. The summed E-state index contributed by atoms with van der Waals surface area (Å²) in [7, 11) is 0. The number of carbonyl (C=O) groups is 1. The van der Waals surface area contributed by atoms with E-state index in [1.54, 1.807) is 0 Å². The molecule has 0 saturated carbocycles. The van der Waals surface area contributed by atoms with Gasteiger partial charge in [0.25, 0.3) is 0 Å². The summed E-state index contributed by atoms with van der Waals surface area (Å²) in [6.07, 6.45) is 62.5. The van der Waals surface area contributed by atoms with Crippen LogP contribution in [0.3, 0.4) is 0 Å². The van der Waals surface area contributed by atoms with E-state index in [-0.39, 0.29) is 0 Å². The van der Waals surface area contributed by atoms with Crippen LogP contribution in [0.1, 0.15) is 303 Å². The van der Waals surface area contributed by atoms with Crippen molar-refractivity contribution in [3.05, 3.63) is 24.3 Å². The fraction of sp³-hybridized carbons (Fsp3) is 0.912. The Morgan fingerprint density at radius 1 is 0.381 bits per heavy atom. The molecule has 0 saturated heterocycles. The fourth-order valence-electron chi connectivity index (χ4n) is 8.93. The van der Waals surface area contributed by atoms with E-state index in [4.69, 9.17) is 0 Å². The van der Waals surface area contributed by atoms with Gasteiger partial charge in [-0.15, -0.1) is 0 Å². The van der Waals surface area contributed by atoms with Gasteiger partial charge in [0.15, 0.2) is 0 Å². The van der Waals surface area contributed by atoms with Gasteiger partial charge in [-0.3, -0.25) is 4.79 Å². The van der Waals surface area contributed by atoms with Gasteiger partial charge in [0.05, 0.1) is 18.8 Å². The first kappa shape index (κ1) is 61.8. The highest BCUT2D eigenvalue weighted by molar-refractivity contribution is 5.80. The molecule has 4 unspecified atom stereocenters. The Bertz CT molecular complexity index is 955. The molecular formula is C57H111NO5. The van der Waals surface area contributed by atoms with E-state index >= 15 is 0 Å². The van der Waals surface area contributed by atoms with E-state index < -0.39 is 36.9 Å². The molecule has 0 rings (SSSR count). The molecule has 374 valence electrons. The van der Waals surface area contributed by atoms with E-state index in [1.807, 2.05) is 0 Å². The molecule has 0 fully saturated rings. The van der Waals surface area contributed by atoms with Gasteiger partial charge in [0, 0.05) is 0 Å². The minimum absolute atomic E-state index is 0.363. The minimum atomic E-state index is -1.28. The third-order valence-electron chi connectivity index (χ3n) is 13.4. The zero-order valence-corrected chi connectivity index (χ0v) is 42.3. The molecule has 0 aromatic heterocycles. The van der Waals surface area contributed by atoms with Gasteiger partial charge in [-0.25, -0.2) is 0 Å². The summed E-state index contributed by atoms with van der Waals surface area (Å²) in [5, 5.41) is 44.0. The Kier molecular flexibility index (Phi) is 50.8. The van der Waals surface area contributed by atoms with Crippen LogP contribution in [0.25, 0.3) is 0 Å². The van der Waals surface area contributed by atoms with Crippen LogP contribution in [0, 0.1) is 0 Å². The molecule has 0 radical (unpaired) electrons. The van der Waals surface area contributed by atoms with E-state index in [0.29, 0.717) is 12.8 Å². The third-order valence-corrected chi connectivity index (χ3v) is 13.4. The number of rotatable bonds is 52. The maximum atomic E-state index is 12.6. The molecule has 5 N–H and O–H groups in total. The first-order valence-electron chi connectivity index (χ1n) is 28.2. The monoisotopic (exact) mass is 890 g/mol. The van der Waals surface area contributed by atoms with Crippen molar-refractivity contribution >= 4 is 5.91 Å². The van der Waals surface area contributed by atoms with Crippen LogP contribution in [0.2, 0.25) is 0 Å². The summed E-state index contributed by atoms with van der Waals surface area (Å²) in [4.78, 5) is 12.6. The molecule has 4 atom stereocenters. The fourth-order valence-corrected chi connectivity index (χ4v) is 8.93. The van der Waals surface area contributed by atoms with Gasteiger partial charge >= 0.3 is 0 Å².